The second-order valence-electron chi connectivity index (χ2n) is 9.28. The van der Waals surface area contributed by atoms with Gasteiger partial charge in [0.05, 0.1) is 28.4 Å². The molecular weight excluding hydrogens is 526 g/mol. The molecule has 1 N–H and O–H groups in total. The summed E-state index contributed by atoms with van der Waals surface area (Å²) in [5.74, 6) is -0.473. The number of nitrogens with zero attached hydrogens (tertiary/aromatic N) is 2. The Hall–Kier alpha value is -2.05. The van der Waals surface area contributed by atoms with Crippen molar-refractivity contribution in [3.05, 3.63) is 39.9 Å². The Morgan fingerprint density at radius 3 is 2.47 bits per heavy atom. The standard InChI is InChI=1S/C24H28ClN3O6S2/c25-22-19(14-20(29)28-10-1-11-28)26-24(35-22)27-23(30)21(34-16-8-12-33-13-9-16)15-2-4-17(5-3-15)36(31,32)18-6-7-18/h2-5,16,18,21H,1,6-14H2,(H,26,27,30). The second-order valence-corrected chi connectivity index (χ2v) is 13.1. The molecule has 0 radical (unpaired) electrons. The van der Waals surface area contributed by atoms with Gasteiger partial charge >= 0.3 is 0 Å². The molecule has 2 aromatic rings. The van der Waals surface area contributed by atoms with Crippen LogP contribution in [0.1, 0.15) is 49.5 Å². The van der Waals surface area contributed by atoms with Gasteiger partial charge in [-0.15, -0.1) is 0 Å². The molecule has 3 fully saturated rings. The normalized spacial score (nSPS) is 19.5. The van der Waals surface area contributed by atoms with Gasteiger partial charge in [0.15, 0.2) is 21.1 Å². The zero-order valence-electron chi connectivity index (χ0n) is 19.7. The van der Waals surface area contributed by atoms with E-state index in [2.05, 4.69) is 10.3 Å². The number of benzene rings is 1. The number of carbonyl (C=O) groups excluding carboxylic acids is 2. The third-order valence-electron chi connectivity index (χ3n) is 6.62. The summed E-state index contributed by atoms with van der Waals surface area (Å²) in [7, 11) is -3.33. The van der Waals surface area contributed by atoms with Crippen molar-refractivity contribution >= 4 is 49.7 Å². The van der Waals surface area contributed by atoms with Crippen molar-refractivity contribution in [2.45, 2.75) is 60.9 Å². The van der Waals surface area contributed by atoms with Crippen molar-refractivity contribution in [3.8, 4) is 0 Å². The molecule has 2 aliphatic heterocycles. The van der Waals surface area contributed by atoms with Gasteiger partial charge in [-0.1, -0.05) is 35.1 Å². The molecule has 1 aliphatic carbocycles. The van der Waals surface area contributed by atoms with E-state index in [1.54, 1.807) is 17.0 Å². The number of rotatable bonds is 9. The molecule has 194 valence electrons. The summed E-state index contributed by atoms with van der Waals surface area (Å²) >= 11 is 7.41. The fourth-order valence-corrected chi connectivity index (χ4v) is 6.88. The number of halogens is 1. The average molecular weight is 554 g/mol. The van der Waals surface area contributed by atoms with Gasteiger partial charge in [0.2, 0.25) is 5.91 Å². The number of aromatic nitrogens is 1. The monoisotopic (exact) mass is 553 g/mol. The van der Waals surface area contributed by atoms with Gasteiger partial charge < -0.3 is 14.4 Å². The summed E-state index contributed by atoms with van der Waals surface area (Å²) in [4.78, 5) is 32.0. The quantitative estimate of drug-likeness (QED) is 0.506. The number of sulfone groups is 1. The lowest BCUT2D eigenvalue weighted by atomic mass is 10.1. The minimum Gasteiger partial charge on any atom is -0.381 e. The maximum Gasteiger partial charge on any atom is 0.259 e. The molecule has 3 aliphatic rings. The second kappa shape index (κ2) is 10.7. The summed E-state index contributed by atoms with van der Waals surface area (Å²) in [6, 6.07) is 6.34. The summed E-state index contributed by atoms with van der Waals surface area (Å²) in [6.07, 6.45) is 2.62. The number of thiazole rings is 1. The van der Waals surface area contributed by atoms with Crippen molar-refractivity contribution in [2.75, 3.05) is 31.6 Å². The van der Waals surface area contributed by atoms with Crippen LogP contribution in [0.15, 0.2) is 29.2 Å². The molecule has 1 saturated carbocycles. The van der Waals surface area contributed by atoms with Crippen LogP contribution in [0.4, 0.5) is 5.13 Å². The molecular formula is C24H28ClN3O6S2. The lowest BCUT2D eigenvalue weighted by molar-refractivity contribution is -0.136. The van der Waals surface area contributed by atoms with Crippen LogP contribution in [0.2, 0.25) is 4.34 Å². The van der Waals surface area contributed by atoms with Crippen molar-refractivity contribution < 1.29 is 27.5 Å². The van der Waals surface area contributed by atoms with Crippen LogP contribution in [0.5, 0.6) is 0 Å². The summed E-state index contributed by atoms with van der Waals surface area (Å²) in [6.45, 7) is 2.59. The molecule has 1 unspecified atom stereocenters. The van der Waals surface area contributed by atoms with E-state index in [4.69, 9.17) is 21.1 Å². The number of carbonyl (C=O) groups is 2. The molecule has 9 nitrogen and oxygen atoms in total. The molecule has 1 aromatic heterocycles. The number of anilines is 1. The van der Waals surface area contributed by atoms with Crippen molar-refractivity contribution in [1.82, 2.24) is 9.88 Å². The summed E-state index contributed by atoms with van der Waals surface area (Å²) < 4.78 is 37.1. The Kier molecular flexibility index (Phi) is 7.64. The first-order valence-corrected chi connectivity index (χ1v) is 14.9. The molecule has 3 heterocycles. The van der Waals surface area contributed by atoms with E-state index in [1.165, 1.54) is 12.1 Å². The van der Waals surface area contributed by atoms with E-state index in [-0.39, 0.29) is 33.7 Å². The van der Waals surface area contributed by atoms with E-state index >= 15 is 0 Å². The predicted molar refractivity (Wildman–Crippen MR) is 135 cm³/mol. The summed E-state index contributed by atoms with van der Waals surface area (Å²) in [5.41, 5.74) is 0.981. The smallest absolute Gasteiger partial charge is 0.259 e. The molecule has 2 saturated heterocycles. The number of likely N-dealkylation sites (tertiary alicyclic amines) is 1. The third kappa shape index (κ3) is 5.75. The summed E-state index contributed by atoms with van der Waals surface area (Å²) in [5, 5.41) is 2.75. The zero-order valence-corrected chi connectivity index (χ0v) is 22.0. The molecule has 1 aromatic carbocycles. The first-order chi connectivity index (χ1) is 17.3. The molecule has 5 rings (SSSR count). The average Bonchev–Trinajstić information content (AvgIpc) is 3.63. The first-order valence-electron chi connectivity index (χ1n) is 12.1. The predicted octanol–water partition coefficient (Wildman–Crippen LogP) is 3.38. The molecule has 36 heavy (non-hydrogen) atoms. The van der Waals surface area contributed by atoms with Crippen LogP contribution in [0.25, 0.3) is 0 Å². The number of amides is 2. The number of nitrogens with one attached hydrogen (secondary N) is 1. The van der Waals surface area contributed by atoms with E-state index in [0.717, 1.165) is 30.8 Å². The SMILES string of the molecule is O=C(Nc1nc(CC(=O)N2CCC2)c(Cl)s1)C(OC1CCOCC1)c1ccc(S(=O)(=O)C2CC2)cc1. The number of ether oxygens (including phenoxy) is 2. The minimum absolute atomic E-state index is 0.0340. The zero-order chi connectivity index (χ0) is 25.3. The maximum atomic E-state index is 13.4. The maximum absolute atomic E-state index is 13.4. The van der Waals surface area contributed by atoms with Crippen LogP contribution >= 0.6 is 22.9 Å². The van der Waals surface area contributed by atoms with Gasteiger partial charge in [-0.25, -0.2) is 13.4 Å². The van der Waals surface area contributed by atoms with E-state index in [0.29, 0.717) is 54.5 Å². The number of hydrogen-bond acceptors (Lipinski definition) is 8. The van der Waals surface area contributed by atoms with Crippen LogP contribution in [-0.2, 0) is 35.3 Å². The van der Waals surface area contributed by atoms with Gasteiger partial charge in [-0.2, -0.15) is 0 Å². The molecule has 1 atom stereocenters. The Morgan fingerprint density at radius 1 is 1.17 bits per heavy atom. The van der Waals surface area contributed by atoms with E-state index in [1.807, 2.05) is 0 Å². The fraction of sp³-hybridized carbons (Fsp3) is 0.542. The lowest BCUT2D eigenvalue weighted by Gasteiger charge is -2.30. The van der Waals surface area contributed by atoms with Crippen molar-refractivity contribution in [2.24, 2.45) is 0 Å². The van der Waals surface area contributed by atoms with Crippen LogP contribution < -0.4 is 5.32 Å². The molecule has 12 heteroatoms. The highest BCUT2D eigenvalue weighted by Crippen LogP contribution is 2.35. The van der Waals surface area contributed by atoms with Gasteiger partial charge in [0.1, 0.15) is 4.34 Å². The van der Waals surface area contributed by atoms with Gasteiger partial charge in [0, 0.05) is 26.3 Å². The Labute approximate surface area is 219 Å². The van der Waals surface area contributed by atoms with Crippen LogP contribution in [0.3, 0.4) is 0 Å². The lowest BCUT2D eigenvalue weighted by Crippen LogP contribution is -2.42. The number of hydrogen-bond donors (Lipinski definition) is 1. The molecule has 2 amide bonds. The van der Waals surface area contributed by atoms with Crippen molar-refractivity contribution in [3.63, 3.8) is 0 Å². The Balaban J connectivity index is 1.32. The highest BCUT2D eigenvalue weighted by Gasteiger charge is 2.37. The van der Waals surface area contributed by atoms with Gasteiger partial charge in [-0.05, 0) is 49.8 Å². The van der Waals surface area contributed by atoms with E-state index in [9.17, 15) is 18.0 Å². The fourth-order valence-electron chi connectivity index (χ4n) is 4.19. The van der Waals surface area contributed by atoms with Crippen LogP contribution in [-0.4, -0.2) is 67.8 Å². The van der Waals surface area contributed by atoms with Crippen LogP contribution in [0, 0.1) is 0 Å². The van der Waals surface area contributed by atoms with Crippen molar-refractivity contribution in [1.29, 1.82) is 0 Å². The Morgan fingerprint density at radius 2 is 1.86 bits per heavy atom. The molecule has 0 spiro atoms. The highest BCUT2D eigenvalue weighted by atomic mass is 35.5. The van der Waals surface area contributed by atoms with E-state index < -0.39 is 21.8 Å². The Bertz CT molecular complexity index is 1220. The third-order valence-corrected chi connectivity index (χ3v) is 10.1. The largest absolute Gasteiger partial charge is 0.381 e. The van der Waals surface area contributed by atoms with Gasteiger partial charge in [-0.3, -0.25) is 14.9 Å². The highest BCUT2D eigenvalue weighted by molar-refractivity contribution is 7.92. The first kappa shape index (κ1) is 25.6. The molecule has 0 bridgehead atoms. The minimum atomic E-state index is -3.33. The topological polar surface area (TPSA) is 115 Å². The van der Waals surface area contributed by atoms with Gasteiger partial charge in [0.25, 0.3) is 5.91 Å².